The third-order valence-corrected chi connectivity index (χ3v) is 7.09. The number of carbonyl (C=O) groups excluding carboxylic acids is 1. The Morgan fingerprint density at radius 3 is 2.84 bits per heavy atom. The van der Waals surface area contributed by atoms with Gasteiger partial charge in [-0.05, 0) is 50.8 Å². The SMILES string of the molecule is CCOCCCNc1nc2ccc(C)cn2c(=O)c1C=C1SC(=S)N(C2CCCC2)C1=O. The Balaban J connectivity index is 1.70. The summed E-state index contributed by atoms with van der Waals surface area (Å²) in [5.41, 5.74) is 1.68. The number of rotatable bonds is 8. The van der Waals surface area contributed by atoms with E-state index in [1.807, 2.05) is 26.0 Å². The lowest BCUT2D eigenvalue weighted by Gasteiger charge is -2.21. The van der Waals surface area contributed by atoms with E-state index in [2.05, 4.69) is 10.3 Å². The van der Waals surface area contributed by atoms with E-state index in [0.29, 0.717) is 46.0 Å². The largest absolute Gasteiger partial charge is 0.382 e. The average molecular weight is 473 g/mol. The molecular formula is C23H28N4O3S2. The van der Waals surface area contributed by atoms with Crippen LogP contribution in [0.4, 0.5) is 5.82 Å². The number of anilines is 1. The van der Waals surface area contributed by atoms with Gasteiger partial charge in [-0.1, -0.05) is 42.9 Å². The molecule has 0 atom stereocenters. The van der Waals surface area contributed by atoms with Gasteiger partial charge in [-0.15, -0.1) is 0 Å². The number of nitrogens with zero attached hydrogens (tertiary/aromatic N) is 3. The highest BCUT2D eigenvalue weighted by Crippen LogP contribution is 2.38. The monoisotopic (exact) mass is 472 g/mol. The fourth-order valence-corrected chi connectivity index (χ4v) is 5.52. The lowest BCUT2D eigenvalue weighted by atomic mass is 10.2. The van der Waals surface area contributed by atoms with Gasteiger partial charge in [0.2, 0.25) is 0 Å². The number of fused-ring (bicyclic) bond motifs is 1. The Bertz CT molecular complexity index is 1120. The zero-order valence-electron chi connectivity index (χ0n) is 18.4. The van der Waals surface area contributed by atoms with Gasteiger partial charge >= 0.3 is 0 Å². The minimum Gasteiger partial charge on any atom is -0.382 e. The van der Waals surface area contributed by atoms with Crippen LogP contribution in [0, 0.1) is 6.92 Å². The summed E-state index contributed by atoms with van der Waals surface area (Å²) in [6.07, 6.45) is 8.40. The molecule has 1 saturated heterocycles. The molecule has 3 heterocycles. The van der Waals surface area contributed by atoms with E-state index in [-0.39, 0.29) is 17.5 Å². The van der Waals surface area contributed by atoms with Crippen molar-refractivity contribution in [3.63, 3.8) is 0 Å². The molecule has 1 amide bonds. The number of ether oxygens (including phenoxy) is 1. The Morgan fingerprint density at radius 2 is 2.09 bits per heavy atom. The second-order valence-electron chi connectivity index (χ2n) is 8.08. The second-order valence-corrected chi connectivity index (χ2v) is 9.76. The first-order valence-corrected chi connectivity index (χ1v) is 12.3. The molecule has 9 heteroatoms. The standard InChI is InChI=1S/C23H28N4O3S2/c1-3-30-12-6-11-24-20-17(21(28)26-14-15(2)9-10-19(26)25-20)13-18-22(29)27(23(31)32-18)16-7-4-5-8-16/h9-10,13-14,16,24H,3-8,11-12H2,1-2H3. The van der Waals surface area contributed by atoms with E-state index in [9.17, 15) is 9.59 Å². The summed E-state index contributed by atoms with van der Waals surface area (Å²) in [5, 5.41) is 3.27. The molecule has 0 bridgehead atoms. The van der Waals surface area contributed by atoms with Crippen molar-refractivity contribution in [2.75, 3.05) is 25.1 Å². The molecule has 1 saturated carbocycles. The molecule has 0 radical (unpaired) electrons. The van der Waals surface area contributed by atoms with E-state index in [1.54, 1.807) is 17.2 Å². The molecule has 170 valence electrons. The van der Waals surface area contributed by atoms with Crippen molar-refractivity contribution < 1.29 is 9.53 Å². The number of hydrogen-bond acceptors (Lipinski definition) is 7. The van der Waals surface area contributed by atoms with Crippen LogP contribution in [0.3, 0.4) is 0 Å². The number of thioether (sulfide) groups is 1. The molecule has 0 unspecified atom stereocenters. The number of aromatic nitrogens is 2. The van der Waals surface area contributed by atoms with E-state index in [1.165, 1.54) is 16.2 Å². The highest BCUT2D eigenvalue weighted by Gasteiger charge is 2.38. The molecule has 2 aromatic heterocycles. The Morgan fingerprint density at radius 1 is 1.31 bits per heavy atom. The van der Waals surface area contributed by atoms with E-state index in [0.717, 1.165) is 37.7 Å². The molecule has 7 nitrogen and oxygen atoms in total. The highest BCUT2D eigenvalue weighted by atomic mass is 32.2. The van der Waals surface area contributed by atoms with Crippen molar-refractivity contribution in [3.8, 4) is 0 Å². The number of carbonyl (C=O) groups is 1. The molecule has 2 aromatic rings. The van der Waals surface area contributed by atoms with Gasteiger partial charge < -0.3 is 10.1 Å². The second kappa shape index (κ2) is 10.1. The maximum absolute atomic E-state index is 13.4. The Hall–Kier alpha value is -2.23. The number of thiocarbonyl (C=S) groups is 1. The Kier molecular flexibility index (Phi) is 7.27. The van der Waals surface area contributed by atoms with Crippen LogP contribution in [-0.2, 0) is 9.53 Å². The van der Waals surface area contributed by atoms with Crippen molar-refractivity contribution in [2.24, 2.45) is 0 Å². The number of pyridine rings is 1. The summed E-state index contributed by atoms with van der Waals surface area (Å²) in [4.78, 5) is 33.5. The van der Waals surface area contributed by atoms with E-state index < -0.39 is 0 Å². The molecule has 2 aliphatic rings. The molecule has 0 aromatic carbocycles. The van der Waals surface area contributed by atoms with Gasteiger partial charge in [0.15, 0.2) is 0 Å². The predicted octanol–water partition coefficient (Wildman–Crippen LogP) is 3.99. The topological polar surface area (TPSA) is 75.9 Å². The molecule has 0 spiro atoms. The van der Waals surface area contributed by atoms with Crippen molar-refractivity contribution in [1.29, 1.82) is 0 Å². The number of hydrogen-bond donors (Lipinski definition) is 1. The van der Waals surface area contributed by atoms with Gasteiger partial charge in [0.25, 0.3) is 11.5 Å². The third kappa shape index (κ3) is 4.74. The first-order valence-electron chi connectivity index (χ1n) is 11.1. The van der Waals surface area contributed by atoms with Crippen molar-refractivity contribution >= 4 is 51.7 Å². The molecular weight excluding hydrogens is 444 g/mol. The van der Waals surface area contributed by atoms with Crippen LogP contribution in [0.1, 0.15) is 50.2 Å². The first-order chi connectivity index (χ1) is 15.5. The van der Waals surface area contributed by atoms with Crippen LogP contribution in [0.5, 0.6) is 0 Å². The molecule has 1 aliphatic heterocycles. The fourth-order valence-electron chi connectivity index (χ4n) is 4.14. The van der Waals surface area contributed by atoms with Crippen LogP contribution in [0.25, 0.3) is 11.7 Å². The van der Waals surface area contributed by atoms with Crippen LogP contribution in [-0.4, -0.2) is 50.3 Å². The highest BCUT2D eigenvalue weighted by molar-refractivity contribution is 8.26. The number of amides is 1. The minimum atomic E-state index is -0.211. The van der Waals surface area contributed by atoms with Crippen molar-refractivity contribution in [1.82, 2.24) is 14.3 Å². The van der Waals surface area contributed by atoms with Crippen molar-refractivity contribution in [3.05, 3.63) is 44.7 Å². The van der Waals surface area contributed by atoms with E-state index >= 15 is 0 Å². The molecule has 1 aliphatic carbocycles. The zero-order chi connectivity index (χ0) is 22.7. The van der Waals surface area contributed by atoms with Gasteiger partial charge in [-0.2, -0.15) is 0 Å². The lowest BCUT2D eigenvalue weighted by molar-refractivity contribution is -0.123. The molecule has 32 heavy (non-hydrogen) atoms. The summed E-state index contributed by atoms with van der Waals surface area (Å²) >= 11 is 6.79. The van der Waals surface area contributed by atoms with Gasteiger partial charge in [0.05, 0.1) is 10.5 Å². The maximum Gasteiger partial charge on any atom is 0.267 e. The summed E-state index contributed by atoms with van der Waals surface area (Å²) < 4.78 is 7.50. The maximum atomic E-state index is 13.4. The summed E-state index contributed by atoms with van der Waals surface area (Å²) in [6.45, 7) is 5.80. The van der Waals surface area contributed by atoms with Gasteiger partial charge in [0.1, 0.15) is 15.8 Å². The van der Waals surface area contributed by atoms with E-state index in [4.69, 9.17) is 17.0 Å². The molecule has 2 fully saturated rings. The number of aryl methyl sites for hydroxylation is 1. The quantitative estimate of drug-likeness (QED) is 0.354. The van der Waals surface area contributed by atoms with Gasteiger partial charge in [-0.25, -0.2) is 4.98 Å². The summed E-state index contributed by atoms with van der Waals surface area (Å²) in [6, 6.07) is 3.92. The lowest BCUT2D eigenvalue weighted by Crippen LogP contribution is -2.36. The van der Waals surface area contributed by atoms with Gasteiger partial charge in [-0.3, -0.25) is 18.9 Å². The normalized spacial score (nSPS) is 18.4. The minimum absolute atomic E-state index is 0.108. The summed E-state index contributed by atoms with van der Waals surface area (Å²) in [5.74, 6) is 0.365. The van der Waals surface area contributed by atoms with Crippen LogP contribution < -0.4 is 10.9 Å². The average Bonchev–Trinajstić information content (AvgIpc) is 3.38. The fraction of sp³-hybridized carbons (Fsp3) is 0.478. The Labute approximate surface area is 197 Å². The zero-order valence-corrected chi connectivity index (χ0v) is 20.1. The van der Waals surface area contributed by atoms with Crippen LogP contribution >= 0.6 is 24.0 Å². The number of nitrogens with one attached hydrogen (secondary N) is 1. The third-order valence-electron chi connectivity index (χ3n) is 5.76. The predicted molar refractivity (Wildman–Crippen MR) is 133 cm³/mol. The smallest absolute Gasteiger partial charge is 0.267 e. The van der Waals surface area contributed by atoms with Gasteiger partial charge in [0, 0.05) is 32.0 Å². The first kappa shape index (κ1) is 22.9. The molecule has 1 N–H and O–H groups in total. The van der Waals surface area contributed by atoms with Crippen LogP contribution in [0.15, 0.2) is 28.0 Å². The molecule has 4 rings (SSSR count). The summed E-state index contributed by atoms with van der Waals surface area (Å²) in [7, 11) is 0. The van der Waals surface area contributed by atoms with Crippen molar-refractivity contribution in [2.45, 2.75) is 52.0 Å². The van der Waals surface area contributed by atoms with Crippen LogP contribution in [0.2, 0.25) is 0 Å².